The quantitative estimate of drug-likeness (QED) is 0.620. The Labute approximate surface area is 166 Å². The van der Waals surface area contributed by atoms with Gasteiger partial charge in [-0.1, -0.05) is 43.8 Å². The number of anilines is 1. The Morgan fingerprint density at radius 2 is 1.96 bits per heavy atom. The molecule has 1 aliphatic rings. The maximum absolute atomic E-state index is 12.3. The molecule has 1 aromatic heterocycles. The molecule has 8 heteroatoms. The van der Waals surface area contributed by atoms with E-state index in [1.54, 1.807) is 12.1 Å². The molecule has 0 bridgehead atoms. The molecule has 2 heterocycles. The maximum atomic E-state index is 12.3. The number of fused-ring (bicyclic) bond motifs is 1. The molecule has 1 amide bonds. The van der Waals surface area contributed by atoms with Crippen molar-refractivity contribution in [2.24, 2.45) is 0 Å². The summed E-state index contributed by atoms with van der Waals surface area (Å²) in [6, 6.07) is 13.2. The fraction of sp³-hybridized carbons (Fsp3) is 0.250. The van der Waals surface area contributed by atoms with Crippen LogP contribution in [0, 0.1) is 0 Å². The Morgan fingerprint density at radius 1 is 1.14 bits per heavy atom. The number of carbonyl (C=O) groups excluding carboxylic acids is 1. The average Bonchev–Trinajstić information content (AvgIpc) is 3.35. The zero-order valence-electron chi connectivity index (χ0n) is 15.5. The molecular weight excluding hydrogens is 378 g/mol. The molecule has 0 saturated carbocycles. The van der Waals surface area contributed by atoms with Gasteiger partial charge < -0.3 is 19.2 Å². The fourth-order valence-electron chi connectivity index (χ4n) is 2.84. The van der Waals surface area contributed by atoms with Gasteiger partial charge in [0.05, 0.1) is 5.75 Å². The first-order valence-electron chi connectivity index (χ1n) is 8.85. The zero-order valence-corrected chi connectivity index (χ0v) is 16.3. The van der Waals surface area contributed by atoms with Crippen molar-refractivity contribution in [1.82, 2.24) is 10.2 Å². The van der Waals surface area contributed by atoms with Crippen molar-refractivity contribution in [2.75, 3.05) is 17.9 Å². The molecule has 1 N–H and O–H groups in total. The monoisotopic (exact) mass is 397 g/mol. The molecule has 2 aromatic carbocycles. The van der Waals surface area contributed by atoms with E-state index in [-0.39, 0.29) is 18.5 Å². The minimum Gasteiger partial charge on any atom is -0.454 e. The number of carbonyl (C=O) groups is 1. The third-order valence-electron chi connectivity index (χ3n) is 4.21. The number of benzene rings is 2. The van der Waals surface area contributed by atoms with Crippen LogP contribution < -0.4 is 14.8 Å². The Bertz CT molecular complexity index is 1000. The lowest BCUT2D eigenvalue weighted by Crippen LogP contribution is -2.15. The van der Waals surface area contributed by atoms with Crippen LogP contribution in [-0.2, 0) is 4.79 Å². The van der Waals surface area contributed by atoms with Gasteiger partial charge in [0, 0.05) is 11.3 Å². The van der Waals surface area contributed by atoms with Gasteiger partial charge in [0.15, 0.2) is 11.5 Å². The Morgan fingerprint density at radius 3 is 2.82 bits per heavy atom. The first kappa shape index (κ1) is 18.4. The van der Waals surface area contributed by atoms with Crippen LogP contribution in [0.2, 0.25) is 0 Å². The second-order valence-corrected chi connectivity index (χ2v) is 7.45. The predicted octanol–water partition coefficient (Wildman–Crippen LogP) is 4.32. The highest BCUT2D eigenvalue weighted by molar-refractivity contribution is 7.99. The third-order valence-corrected chi connectivity index (χ3v) is 5.03. The molecule has 0 saturated heterocycles. The van der Waals surface area contributed by atoms with Gasteiger partial charge in [-0.05, 0) is 35.7 Å². The number of nitrogens with one attached hydrogen (secondary N) is 1. The minimum atomic E-state index is -0.124. The zero-order chi connectivity index (χ0) is 19.5. The van der Waals surface area contributed by atoms with Gasteiger partial charge in [0.25, 0.3) is 5.22 Å². The molecule has 144 valence electrons. The van der Waals surface area contributed by atoms with Gasteiger partial charge in [0.2, 0.25) is 18.6 Å². The van der Waals surface area contributed by atoms with Crippen LogP contribution in [0.1, 0.15) is 25.3 Å². The number of aromatic nitrogens is 2. The first-order chi connectivity index (χ1) is 13.6. The van der Waals surface area contributed by atoms with Crippen LogP contribution in [-0.4, -0.2) is 28.7 Å². The van der Waals surface area contributed by atoms with Gasteiger partial charge in [-0.25, -0.2) is 0 Å². The lowest BCUT2D eigenvalue weighted by Gasteiger charge is -2.13. The van der Waals surface area contributed by atoms with Crippen LogP contribution in [0.25, 0.3) is 11.5 Å². The molecule has 4 rings (SSSR count). The highest BCUT2D eigenvalue weighted by Gasteiger charge is 2.17. The van der Waals surface area contributed by atoms with Gasteiger partial charge in [-0.15, -0.1) is 10.2 Å². The van der Waals surface area contributed by atoms with Crippen molar-refractivity contribution in [3.05, 3.63) is 48.0 Å². The number of rotatable bonds is 6. The molecule has 0 radical (unpaired) electrons. The van der Waals surface area contributed by atoms with E-state index < -0.39 is 0 Å². The van der Waals surface area contributed by atoms with Crippen molar-refractivity contribution in [2.45, 2.75) is 25.0 Å². The molecule has 1 aliphatic heterocycles. The number of amides is 1. The van der Waals surface area contributed by atoms with E-state index in [1.807, 2.05) is 30.3 Å². The van der Waals surface area contributed by atoms with Crippen molar-refractivity contribution >= 4 is 23.4 Å². The van der Waals surface area contributed by atoms with E-state index in [1.165, 1.54) is 11.8 Å². The minimum absolute atomic E-state index is 0.124. The Hall–Kier alpha value is -3.00. The standard InChI is InChI=1S/C20H19N3O4S/c1-12(2)14-5-3-4-6-15(14)21-18(24)10-28-20-23-22-19(27-20)13-7-8-16-17(9-13)26-11-25-16/h3-9,12H,10-11H2,1-2H3,(H,21,24). The van der Waals surface area contributed by atoms with E-state index >= 15 is 0 Å². The van der Waals surface area contributed by atoms with Crippen molar-refractivity contribution in [1.29, 1.82) is 0 Å². The third kappa shape index (κ3) is 3.96. The number of para-hydroxylation sites is 1. The molecule has 0 atom stereocenters. The van der Waals surface area contributed by atoms with Crippen molar-refractivity contribution in [3.8, 4) is 23.0 Å². The number of hydrogen-bond acceptors (Lipinski definition) is 7. The molecule has 0 spiro atoms. The van der Waals surface area contributed by atoms with Gasteiger partial charge in [-0.3, -0.25) is 4.79 Å². The lowest BCUT2D eigenvalue weighted by atomic mass is 10.0. The molecule has 28 heavy (non-hydrogen) atoms. The van der Waals surface area contributed by atoms with E-state index in [0.29, 0.717) is 28.5 Å². The predicted molar refractivity (Wildman–Crippen MR) is 106 cm³/mol. The van der Waals surface area contributed by atoms with Gasteiger partial charge >= 0.3 is 0 Å². The smallest absolute Gasteiger partial charge is 0.277 e. The summed E-state index contributed by atoms with van der Waals surface area (Å²) >= 11 is 1.19. The Balaban J connectivity index is 1.38. The largest absolute Gasteiger partial charge is 0.454 e. The van der Waals surface area contributed by atoms with E-state index in [2.05, 4.69) is 29.4 Å². The molecule has 3 aromatic rings. The lowest BCUT2D eigenvalue weighted by molar-refractivity contribution is -0.113. The van der Waals surface area contributed by atoms with Crippen molar-refractivity contribution < 1.29 is 18.7 Å². The maximum Gasteiger partial charge on any atom is 0.277 e. The number of hydrogen-bond donors (Lipinski definition) is 1. The second kappa shape index (κ2) is 7.93. The normalized spacial score (nSPS) is 12.4. The summed E-state index contributed by atoms with van der Waals surface area (Å²) in [5, 5.41) is 11.3. The van der Waals surface area contributed by atoms with Crippen LogP contribution in [0.3, 0.4) is 0 Å². The summed E-state index contributed by atoms with van der Waals surface area (Å²) in [6.45, 7) is 4.39. The van der Waals surface area contributed by atoms with Crippen molar-refractivity contribution in [3.63, 3.8) is 0 Å². The van der Waals surface area contributed by atoms with Crippen LogP contribution in [0.4, 0.5) is 5.69 Å². The summed E-state index contributed by atoms with van der Waals surface area (Å²) in [5.41, 5.74) is 2.66. The van der Waals surface area contributed by atoms with Gasteiger partial charge in [-0.2, -0.15) is 0 Å². The first-order valence-corrected chi connectivity index (χ1v) is 9.84. The molecule has 7 nitrogen and oxygen atoms in total. The van der Waals surface area contributed by atoms with E-state index in [4.69, 9.17) is 13.9 Å². The molecular formula is C20H19N3O4S. The number of thioether (sulfide) groups is 1. The SMILES string of the molecule is CC(C)c1ccccc1NC(=O)CSc1nnc(-c2ccc3c(c2)OCO3)o1. The summed E-state index contributed by atoms with van der Waals surface area (Å²) in [4.78, 5) is 12.3. The van der Waals surface area contributed by atoms with E-state index in [9.17, 15) is 4.79 Å². The topological polar surface area (TPSA) is 86.5 Å². The van der Waals surface area contributed by atoms with Crippen LogP contribution >= 0.6 is 11.8 Å². The summed E-state index contributed by atoms with van der Waals surface area (Å²) < 4.78 is 16.3. The average molecular weight is 397 g/mol. The van der Waals surface area contributed by atoms with E-state index in [0.717, 1.165) is 16.8 Å². The van der Waals surface area contributed by atoms with Gasteiger partial charge in [0.1, 0.15) is 0 Å². The molecule has 0 fully saturated rings. The van der Waals surface area contributed by atoms with Crippen LogP contribution in [0.15, 0.2) is 52.1 Å². The fourth-order valence-corrected chi connectivity index (χ4v) is 3.41. The number of nitrogens with zero attached hydrogens (tertiary/aromatic N) is 2. The highest BCUT2D eigenvalue weighted by Crippen LogP contribution is 2.36. The molecule has 0 aliphatic carbocycles. The van der Waals surface area contributed by atoms with Crippen LogP contribution in [0.5, 0.6) is 11.5 Å². The summed E-state index contributed by atoms with van der Waals surface area (Å²) in [5.74, 6) is 2.08. The summed E-state index contributed by atoms with van der Waals surface area (Å²) in [6.07, 6.45) is 0. The highest BCUT2D eigenvalue weighted by atomic mass is 32.2. The Kier molecular flexibility index (Phi) is 5.21. The number of ether oxygens (including phenoxy) is 2. The summed E-state index contributed by atoms with van der Waals surface area (Å²) in [7, 11) is 0. The molecule has 0 unspecified atom stereocenters. The second-order valence-electron chi connectivity index (χ2n) is 6.52.